The molecule has 0 fully saturated rings. The van der Waals surface area contributed by atoms with Gasteiger partial charge < -0.3 is 30.9 Å². The topological polar surface area (TPSA) is 132 Å². The first kappa shape index (κ1) is 26.7. The molecule has 1 aliphatic rings. The van der Waals surface area contributed by atoms with Gasteiger partial charge in [0, 0.05) is 45.1 Å². The third-order valence-corrected chi connectivity index (χ3v) is 5.94. The molecule has 0 atom stereocenters. The monoisotopic (exact) mass is 512 g/mol. The van der Waals surface area contributed by atoms with E-state index in [1.807, 2.05) is 24.3 Å². The zero-order valence-corrected chi connectivity index (χ0v) is 20.7. The van der Waals surface area contributed by atoms with E-state index in [2.05, 4.69) is 10.3 Å². The first-order valence-electron chi connectivity index (χ1n) is 11.3. The highest BCUT2D eigenvalue weighted by atomic mass is 35.5. The van der Waals surface area contributed by atoms with E-state index < -0.39 is 6.03 Å². The highest BCUT2D eigenvalue weighted by molar-refractivity contribution is 6.34. The Kier molecular flexibility index (Phi) is 9.43. The summed E-state index contributed by atoms with van der Waals surface area (Å²) in [4.78, 5) is 47.2. The summed E-state index contributed by atoms with van der Waals surface area (Å²) >= 11 is 6.43. The summed E-state index contributed by atoms with van der Waals surface area (Å²) < 4.78 is 0. The van der Waals surface area contributed by atoms with E-state index in [4.69, 9.17) is 22.4 Å². The second-order valence-electron chi connectivity index (χ2n) is 8.03. The van der Waals surface area contributed by atoms with Crippen LogP contribution in [0, 0.1) is 0 Å². The van der Waals surface area contributed by atoms with Crippen LogP contribution in [-0.4, -0.2) is 78.8 Å². The molecule has 0 saturated carbocycles. The minimum atomic E-state index is -0.420. The van der Waals surface area contributed by atoms with Crippen molar-refractivity contribution in [1.29, 1.82) is 0 Å². The zero-order chi connectivity index (χ0) is 26.1. The zero-order valence-electron chi connectivity index (χ0n) is 19.9. The number of benzene rings is 2. The molecule has 0 unspecified atom stereocenters. The van der Waals surface area contributed by atoms with E-state index in [0.717, 1.165) is 5.56 Å². The SMILES string of the molecule is CN(CCO)C(=O)CNC(=O)N1CCN(C(=O)c2ccc(N=CC=CN)cc2Cl)c2ccccc2C1. The summed E-state index contributed by atoms with van der Waals surface area (Å²) in [5.41, 5.74) is 7.66. The third-order valence-electron chi connectivity index (χ3n) is 5.63. The molecule has 4 N–H and O–H groups in total. The number of aliphatic imine (C=N–C) groups is 1. The van der Waals surface area contributed by atoms with Gasteiger partial charge in [-0.3, -0.25) is 14.6 Å². The first-order valence-corrected chi connectivity index (χ1v) is 11.7. The number of nitrogens with two attached hydrogens (primary N) is 1. The van der Waals surface area contributed by atoms with Crippen LogP contribution in [0.1, 0.15) is 15.9 Å². The van der Waals surface area contributed by atoms with Gasteiger partial charge in [0.15, 0.2) is 0 Å². The van der Waals surface area contributed by atoms with E-state index >= 15 is 0 Å². The number of allylic oxidation sites excluding steroid dienone is 1. The molecular weight excluding hydrogens is 484 g/mol. The van der Waals surface area contributed by atoms with Crippen molar-refractivity contribution in [3.05, 3.63) is 70.9 Å². The Bertz CT molecular complexity index is 1170. The summed E-state index contributed by atoms with van der Waals surface area (Å²) in [6, 6.07) is 11.8. The van der Waals surface area contributed by atoms with Gasteiger partial charge in [-0.1, -0.05) is 29.8 Å². The molecule has 0 radical (unpaired) electrons. The Hall–Kier alpha value is -3.89. The molecule has 11 heteroatoms. The number of nitrogens with zero attached hydrogens (tertiary/aromatic N) is 4. The summed E-state index contributed by atoms with van der Waals surface area (Å²) in [5, 5.41) is 11.9. The average molecular weight is 513 g/mol. The number of hydrogen-bond acceptors (Lipinski definition) is 6. The van der Waals surface area contributed by atoms with Crippen molar-refractivity contribution < 1.29 is 19.5 Å². The van der Waals surface area contributed by atoms with Crippen molar-refractivity contribution in [2.75, 3.05) is 44.7 Å². The summed E-state index contributed by atoms with van der Waals surface area (Å²) in [6.45, 7) is 0.583. The van der Waals surface area contributed by atoms with Crippen molar-refractivity contribution in [3.8, 4) is 0 Å². The molecule has 0 spiro atoms. The second kappa shape index (κ2) is 12.7. The fourth-order valence-corrected chi connectivity index (χ4v) is 3.93. The van der Waals surface area contributed by atoms with Crippen molar-refractivity contribution in [2.45, 2.75) is 6.54 Å². The number of para-hydroxylation sites is 1. The lowest BCUT2D eigenvalue weighted by molar-refractivity contribution is -0.129. The number of halogens is 1. The normalized spacial score (nSPS) is 13.5. The Morgan fingerprint density at radius 3 is 2.72 bits per heavy atom. The van der Waals surface area contributed by atoms with Crippen molar-refractivity contribution >= 4 is 47.0 Å². The van der Waals surface area contributed by atoms with Crippen LogP contribution in [0.15, 0.2) is 59.7 Å². The minimum absolute atomic E-state index is 0.158. The maximum absolute atomic E-state index is 13.5. The molecule has 36 heavy (non-hydrogen) atoms. The van der Waals surface area contributed by atoms with Gasteiger partial charge in [-0.05, 0) is 42.1 Å². The number of rotatable bonds is 7. The molecule has 0 aromatic heterocycles. The number of hydrogen-bond donors (Lipinski definition) is 3. The third kappa shape index (κ3) is 6.61. The number of fused-ring (bicyclic) bond motifs is 1. The Morgan fingerprint density at radius 1 is 1.22 bits per heavy atom. The number of aliphatic hydroxyl groups is 1. The fourth-order valence-electron chi connectivity index (χ4n) is 3.67. The molecule has 4 amide bonds. The fraction of sp³-hybridized carbons (Fsp3) is 0.280. The summed E-state index contributed by atoms with van der Waals surface area (Å²) in [7, 11) is 1.55. The second-order valence-corrected chi connectivity index (χ2v) is 8.44. The first-order chi connectivity index (χ1) is 17.3. The van der Waals surface area contributed by atoms with E-state index in [9.17, 15) is 14.4 Å². The molecule has 1 heterocycles. The standard InChI is InChI=1S/C25H29ClN6O4/c1-30(13-14-33)23(34)16-29-25(36)31-11-12-32(22-6-3-2-5-18(22)17-31)24(35)20-8-7-19(15-21(20)26)28-10-4-9-27/h2-10,15,33H,11-14,16-17,27H2,1H3,(H,29,36). The van der Waals surface area contributed by atoms with Gasteiger partial charge in [-0.2, -0.15) is 0 Å². The van der Waals surface area contributed by atoms with Crippen LogP contribution in [0.2, 0.25) is 5.02 Å². The number of nitrogens with one attached hydrogen (secondary N) is 1. The molecule has 190 valence electrons. The van der Waals surface area contributed by atoms with Crippen molar-refractivity contribution in [3.63, 3.8) is 0 Å². The molecule has 10 nitrogen and oxygen atoms in total. The van der Waals surface area contributed by atoms with Crippen LogP contribution in [0.5, 0.6) is 0 Å². The molecule has 0 bridgehead atoms. The number of likely N-dealkylation sites (N-methyl/N-ethyl adjacent to an activating group) is 1. The average Bonchev–Trinajstić information content (AvgIpc) is 3.07. The maximum atomic E-state index is 13.5. The van der Waals surface area contributed by atoms with Crippen LogP contribution in [0.4, 0.5) is 16.2 Å². The lowest BCUT2D eigenvalue weighted by Gasteiger charge is -2.24. The van der Waals surface area contributed by atoms with Crippen LogP contribution < -0.4 is 16.0 Å². The van der Waals surface area contributed by atoms with Gasteiger partial charge in [-0.15, -0.1) is 0 Å². The van der Waals surface area contributed by atoms with Gasteiger partial charge >= 0.3 is 6.03 Å². The molecule has 2 aromatic rings. The van der Waals surface area contributed by atoms with Gasteiger partial charge in [0.25, 0.3) is 5.91 Å². The van der Waals surface area contributed by atoms with Crippen LogP contribution >= 0.6 is 11.6 Å². The van der Waals surface area contributed by atoms with Crippen molar-refractivity contribution in [2.24, 2.45) is 10.7 Å². The van der Waals surface area contributed by atoms with Gasteiger partial charge in [-0.25, -0.2) is 4.79 Å². The predicted octanol–water partition coefficient (Wildman–Crippen LogP) is 2.14. The Morgan fingerprint density at radius 2 is 2.00 bits per heavy atom. The molecule has 3 rings (SSSR count). The lowest BCUT2D eigenvalue weighted by Crippen LogP contribution is -2.46. The number of aliphatic hydroxyl groups excluding tert-OH is 1. The summed E-state index contributed by atoms with van der Waals surface area (Å²) in [6.07, 6.45) is 4.46. The van der Waals surface area contributed by atoms with Gasteiger partial charge in [0.1, 0.15) is 0 Å². The highest BCUT2D eigenvalue weighted by Crippen LogP contribution is 2.30. The van der Waals surface area contributed by atoms with Crippen molar-refractivity contribution in [1.82, 2.24) is 15.1 Å². The summed E-state index contributed by atoms with van der Waals surface area (Å²) in [5.74, 6) is -0.612. The molecule has 0 aliphatic carbocycles. The Labute approximate surface area is 214 Å². The quantitative estimate of drug-likeness (QED) is 0.489. The van der Waals surface area contributed by atoms with E-state index in [-0.39, 0.29) is 56.2 Å². The predicted molar refractivity (Wildman–Crippen MR) is 140 cm³/mol. The number of carbonyl (C=O) groups is 3. The van der Waals surface area contributed by atoms with Crippen LogP contribution in [0.3, 0.4) is 0 Å². The molecule has 0 saturated heterocycles. The van der Waals surface area contributed by atoms with Gasteiger partial charge in [0.2, 0.25) is 5.91 Å². The van der Waals surface area contributed by atoms with E-state index in [0.29, 0.717) is 16.9 Å². The molecular formula is C25H29ClN6O4. The van der Waals surface area contributed by atoms with Gasteiger partial charge in [0.05, 0.1) is 29.4 Å². The molecule has 1 aliphatic heterocycles. The molecule has 2 aromatic carbocycles. The largest absolute Gasteiger partial charge is 0.405 e. The maximum Gasteiger partial charge on any atom is 0.318 e. The van der Waals surface area contributed by atoms with Crippen LogP contribution in [-0.2, 0) is 11.3 Å². The number of carbonyl (C=O) groups excluding carboxylic acids is 3. The van der Waals surface area contributed by atoms with E-state index in [1.54, 1.807) is 41.1 Å². The smallest absolute Gasteiger partial charge is 0.318 e. The van der Waals surface area contributed by atoms with E-state index in [1.165, 1.54) is 17.3 Å². The number of amides is 4. The lowest BCUT2D eigenvalue weighted by atomic mass is 10.1. The Balaban J connectivity index is 1.77. The highest BCUT2D eigenvalue weighted by Gasteiger charge is 2.28. The van der Waals surface area contributed by atoms with Crippen LogP contribution in [0.25, 0.3) is 0 Å². The number of urea groups is 1. The number of anilines is 1. The minimum Gasteiger partial charge on any atom is -0.405 e.